The Hall–Kier alpha value is -6.24. The number of hydrogen-bond acceptors (Lipinski definition) is 9. The molecule has 320 valence electrons. The molecule has 7 rings (SSSR count). The third kappa shape index (κ3) is 10.4. The fourth-order valence-corrected chi connectivity index (χ4v) is 9.03. The van der Waals surface area contributed by atoms with Gasteiger partial charge in [-0.1, -0.05) is 12.1 Å². The van der Waals surface area contributed by atoms with Gasteiger partial charge in [-0.15, -0.1) is 0 Å². The average molecular weight is 869 g/mol. The van der Waals surface area contributed by atoms with Crippen LogP contribution in [0.15, 0.2) is 138 Å². The number of aryl methyl sites for hydroxylation is 1. The van der Waals surface area contributed by atoms with Gasteiger partial charge in [0.05, 0.1) is 26.9 Å². The molecular weight excluding hydrogens is 821 g/mol. The van der Waals surface area contributed by atoms with Gasteiger partial charge in [-0.3, -0.25) is 9.59 Å². The molecule has 0 spiro atoms. The van der Waals surface area contributed by atoms with Crippen LogP contribution >= 0.6 is 0 Å². The molecule has 15 nitrogen and oxygen atoms in total. The smallest absolute Gasteiger partial charge is 0.255 e. The van der Waals surface area contributed by atoms with E-state index in [2.05, 4.69) is 10.6 Å². The highest BCUT2D eigenvalue weighted by molar-refractivity contribution is 7.89. The van der Waals surface area contributed by atoms with Crippen LogP contribution in [0.3, 0.4) is 0 Å². The number of methoxy groups -OCH3 is 1. The van der Waals surface area contributed by atoms with Crippen molar-refractivity contribution in [2.45, 2.75) is 23.6 Å². The lowest BCUT2D eigenvalue weighted by Crippen LogP contribution is -2.40. The number of aromatic nitrogens is 2. The summed E-state index contributed by atoms with van der Waals surface area (Å²) in [5, 5.41) is 5.57. The SMILES string of the molecule is CCOc1ccc(NC(=O)c2cccc(-n3cccc3)c2)cc1S(=O)(=O)N1CCOCC1.COc1ccc(NC(=O)c2ccc(C)c(-n3cccc3)c2)cc1S(=O)(=O)N(C)C. The number of hydrogen-bond donors (Lipinski definition) is 2. The molecule has 3 heterocycles. The van der Waals surface area contributed by atoms with Gasteiger partial charge in [0, 0.05) is 85.8 Å². The maximum Gasteiger partial charge on any atom is 0.255 e. The Morgan fingerprint density at radius 2 is 1.28 bits per heavy atom. The lowest BCUT2D eigenvalue weighted by Gasteiger charge is -2.27. The zero-order valence-corrected chi connectivity index (χ0v) is 36.1. The van der Waals surface area contributed by atoms with Crippen LogP contribution in [0.1, 0.15) is 33.2 Å². The van der Waals surface area contributed by atoms with Crippen LogP contribution in [0.5, 0.6) is 11.5 Å². The molecule has 1 saturated heterocycles. The Kier molecular flexibility index (Phi) is 14.1. The molecule has 0 atom stereocenters. The molecule has 0 unspecified atom stereocenters. The summed E-state index contributed by atoms with van der Waals surface area (Å²) in [4.78, 5) is 25.7. The number of nitrogens with one attached hydrogen (secondary N) is 2. The van der Waals surface area contributed by atoms with E-state index in [1.165, 1.54) is 43.7 Å². The predicted octanol–water partition coefficient (Wildman–Crippen LogP) is 6.45. The summed E-state index contributed by atoms with van der Waals surface area (Å²) in [6, 6.07) is 29.4. The van der Waals surface area contributed by atoms with Crippen LogP contribution in [0.2, 0.25) is 0 Å². The summed E-state index contributed by atoms with van der Waals surface area (Å²) < 4.78 is 73.9. The number of benzene rings is 4. The summed E-state index contributed by atoms with van der Waals surface area (Å²) >= 11 is 0. The molecule has 0 radical (unpaired) electrons. The van der Waals surface area contributed by atoms with Crippen LogP contribution in [-0.4, -0.2) is 101 Å². The van der Waals surface area contributed by atoms with Crippen molar-refractivity contribution in [1.29, 1.82) is 0 Å². The van der Waals surface area contributed by atoms with E-state index in [1.54, 1.807) is 55.5 Å². The highest BCUT2D eigenvalue weighted by atomic mass is 32.2. The van der Waals surface area contributed by atoms with Gasteiger partial charge in [0.2, 0.25) is 20.0 Å². The van der Waals surface area contributed by atoms with Crippen LogP contribution in [0.4, 0.5) is 11.4 Å². The first kappa shape index (κ1) is 44.3. The molecule has 0 saturated carbocycles. The van der Waals surface area contributed by atoms with Gasteiger partial charge < -0.3 is 34.0 Å². The Bertz CT molecular complexity index is 2700. The maximum atomic E-state index is 13.2. The number of anilines is 2. The summed E-state index contributed by atoms with van der Waals surface area (Å²) in [5.41, 5.74) is 4.44. The van der Waals surface area contributed by atoms with E-state index in [0.717, 1.165) is 21.2 Å². The van der Waals surface area contributed by atoms with Crippen molar-refractivity contribution in [3.05, 3.63) is 145 Å². The van der Waals surface area contributed by atoms with Crippen molar-refractivity contribution in [3.8, 4) is 22.9 Å². The van der Waals surface area contributed by atoms with Crippen LogP contribution in [-0.2, 0) is 24.8 Å². The summed E-state index contributed by atoms with van der Waals surface area (Å²) in [7, 11) is -3.25. The molecule has 0 aliphatic carbocycles. The lowest BCUT2D eigenvalue weighted by molar-refractivity contribution is 0.0729. The van der Waals surface area contributed by atoms with E-state index in [1.807, 2.05) is 77.2 Å². The first-order chi connectivity index (χ1) is 29.2. The summed E-state index contributed by atoms with van der Waals surface area (Å²) in [6.07, 6.45) is 7.61. The normalized spacial score (nSPS) is 13.2. The Balaban J connectivity index is 0.000000205. The van der Waals surface area contributed by atoms with E-state index in [9.17, 15) is 26.4 Å². The van der Waals surface area contributed by atoms with Crippen LogP contribution in [0.25, 0.3) is 11.4 Å². The number of sulfonamides is 2. The molecule has 0 bridgehead atoms. The molecular formula is C44H48N6O9S2. The molecule has 17 heteroatoms. The van der Waals surface area contributed by atoms with Crippen molar-refractivity contribution in [3.63, 3.8) is 0 Å². The van der Waals surface area contributed by atoms with Gasteiger partial charge in [0.1, 0.15) is 21.3 Å². The van der Waals surface area contributed by atoms with E-state index < -0.39 is 20.0 Å². The lowest BCUT2D eigenvalue weighted by atomic mass is 10.1. The van der Waals surface area contributed by atoms with Crippen molar-refractivity contribution in [1.82, 2.24) is 17.7 Å². The van der Waals surface area contributed by atoms with E-state index in [0.29, 0.717) is 42.3 Å². The van der Waals surface area contributed by atoms with Crippen molar-refractivity contribution < 1.29 is 40.6 Å². The number of carbonyl (C=O) groups is 2. The van der Waals surface area contributed by atoms with Crippen molar-refractivity contribution in [2.24, 2.45) is 0 Å². The highest BCUT2D eigenvalue weighted by Crippen LogP contribution is 2.32. The summed E-state index contributed by atoms with van der Waals surface area (Å²) in [6.45, 7) is 5.32. The fraction of sp³-hybridized carbons (Fsp3) is 0.227. The molecule has 2 amide bonds. The zero-order valence-electron chi connectivity index (χ0n) is 34.4. The first-order valence-electron chi connectivity index (χ1n) is 19.3. The largest absolute Gasteiger partial charge is 0.495 e. The average Bonchev–Trinajstić information content (AvgIpc) is 4.01. The number of nitrogens with zero attached hydrogens (tertiary/aromatic N) is 4. The molecule has 61 heavy (non-hydrogen) atoms. The first-order valence-corrected chi connectivity index (χ1v) is 22.2. The molecule has 1 aliphatic heterocycles. The van der Waals surface area contributed by atoms with Crippen molar-refractivity contribution >= 4 is 43.2 Å². The summed E-state index contributed by atoms with van der Waals surface area (Å²) in [5.74, 6) is -0.205. The van der Waals surface area contributed by atoms with E-state index in [4.69, 9.17) is 14.2 Å². The molecule has 4 aromatic carbocycles. The Morgan fingerprint density at radius 1 is 0.705 bits per heavy atom. The molecule has 6 aromatic rings. The van der Waals surface area contributed by atoms with Crippen LogP contribution in [0, 0.1) is 6.92 Å². The number of carbonyl (C=O) groups excluding carboxylic acids is 2. The Labute approximate surface area is 356 Å². The molecule has 1 fully saturated rings. The van der Waals surface area contributed by atoms with Gasteiger partial charge >= 0.3 is 0 Å². The minimum absolute atomic E-state index is 0.0141. The van der Waals surface area contributed by atoms with Gasteiger partial charge in [0.25, 0.3) is 11.8 Å². The second-order valence-corrected chi connectivity index (χ2v) is 17.9. The van der Waals surface area contributed by atoms with E-state index in [-0.39, 0.29) is 46.2 Å². The molecule has 1 aliphatic rings. The predicted molar refractivity (Wildman–Crippen MR) is 233 cm³/mol. The minimum atomic E-state index is -3.80. The maximum absolute atomic E-state index is 13.2. The van der Waals surface area contributed by atoms with Gasteiger partial charge in [-0.05, 0) is 110 Å². The molecule has 2 N–H and O–H groups in total. The third-order valence-electron chi connectivity index (χ3n) is 9.63. The zero-order chi connectivity index (χ0) is 43.7. The van der Waals surface area contributed by atoms with E-state index >= 15 is 0 Å². The second kappa shape index (κ2) is 19.4. The minimum Gasteiger partial charge on any atom is -0.495 e. The number of amides is 2. The quantitative estimate of drug-likeness (QED) is 0.133. The van der Waals surface area contributed by atoms with Crippen molar-refractivity contribution in [2.75, 3.05) is 64.7 Å². The monoisotopic (exact) mass is 868 g/mol. The number of rotatable bonds is 13. The van der Waals surface area contributed by atoms with Crippen LogP contribution < -0.4 is 20.1 Å². The number of morpholine rings is 1. The van der Waals surface area contributed by atoms with Gasteiger partial charge in [0.15, 0.2) is 0 Å². The highest BCUT2D eigenvalue weighted by Gasteiger charge is 2.30. The fourth-order valence-electron chi connectivity index (χ4n) is 6.39. The topological polar surface area (TPSA) is 171 Å². The Morgan fingerprint density at radius 3 is 1.87 bits per heavy atom. The second-order valence-electron chi connectivity index (χ2n) is 13.9. The molecule has 2 aromatic heterocycles. The van der Waals surface area contributed by atoms with Gasteiger partial charge in [-0.2, -0.15) is 4.31 Å². The standard InChI is InChI=1S/C23H25N3O5S.C21H23N3O4S/c1-2-31-21-9-8-19(17-22(21)32(28,29)26-12-14-30-15-13-26)24-23(27)18-6-5-7-20(16-18)25-10-3-4-11-25;1-15-7-8-16(13-18(15)24-11-5-6-12-24)21(25)22-17-9-10-19(28-4)20(14-17)29(26,27)23(2)3/h3-11,16-17H,2,12-15H2,1H3,(H,24,27);5-14H,1-4H3,(H,22,25). The third-order valence-corrected chi connectivity index (χ3v) is 13.4. The van der Waals surface area contributed by atoms with Gasteiger partial charge in [-0.25, -0.2) is 21.1 Å². The number of ether oxygens (including phenoxy) is 3.